The maximum atomic E-state index is 13.4. The van der Waals surface area contributed by atoms with Gasteiger partial charge in [0, 0.05) is 16.9 Å². The van der Waals surface area contributed by atoms with Crippen LogP contribution < -0.4 is 15.6 Å². The molecular weight excluding hydrogens is 502 g/mol. The fourth-order valence-electron chi connectivity index (χ4n) is 4.69. The minimum Gasteiger partial charge on any atom is -0.487 e. The maximum absolute atomic E-state index is 13.4. The Bertz CT molecular complexity index is 1490. The Hall–Kier alpha value is -4.39. The number of hydrazine groups is 1. The third-order valence-corrected chi connectivity index (χ3v) is 6.30. The van der Waals surface area contributed by atoms with Gasteiger partial charge in [-0.05, 0) is 67.6 Å². The maximum Gasteiger partial charge on any atom is 0.426 e. The van der Waals surface area contributed by atoms with E-state index in [1.807, 2.05) is 60.7 Å². The van der Waals surface area contributed by atoms with Crippen molar-refractivity contribution in [1.29, 1.82) is 0 Å². The molecule has 0 radical (unpaired) electrons. The van der Waals surface area contributed by atoms with E-state index < -0.39 is 17.6 Å². The van der Waals surface area contributed by atoms with Gasteiger partial charge in [0.1, 0.15) is 18.0 Å². The minimum absolute atomic E-state index is 0.140. The molecule has 1 atom stereocenters. The number of hydrogen-bond donors (Lipinski definition) is 2. The highest BCUT2D eigenvalue weighted by molar-refractivity contribution is 5.97. The Morgan fingerprint density at radius 3 is 2.23 bits per heavy atom. The Labute approximate surface area is 235 Å². The van der Waals surface area contributed by atoms with E-state index >= 15 is 0 Å². The van der Waals surface area contributed by atoms with Crippen molar-refractivity contribution in [2.24, 2.45) is 5.41 Å². The summed E-state index contributed by atoms with van der Waals surface area (Å²) in [6.45, 7) is 12.0. The summed E-state index contributed by atoms with van der Waals surface area (Å²) in [5.41, 5.74) is 7.91. The molecule has 7 heteroatoms. The molecule has 0 aliphatic heterocycles. The summed E-state index contributed by atoms with van der Waals surface area (Å²) in [5.74, 6) is 0.0268. The van der Waals surface area contributed by atoms with Crippen LogP contribution in [0, 0.1) is 5.41 Å². The second-order valence-corrected chi connectivity index (χ2v) is 11.8. The zero-order chi connectivity index (χ0) is 28.9. The second kappa shape index (κ2) is 11.8. The zero-order valence-corrected chi connectivity index (χ0v) is 23.9. The standard InChI is InChI=1S/C33H37N3O4/c1-32(2,3)29(23-13-8-7-9-14-23)27-20-25(39-21-24-17-16-22-12-10-11-15-28(22)34-24)18-19-26(27)30(37)35-36-31(38)40-33(4,5)6/h7-20,29H,21H2,1-6H3,(H,35,37)(H,36,38). The number of benzene rings is 3. The van der Waals surface area contributed by atoms with Gasteiger partial charge in [-0.15, -0.1) is 0 Å². The summed E-state index contributed by atoms with van der Waals surface area (Å²) in [6, 6.07) is 27.4. The van der Waals surface area contributed by atoms with E-state index in [1.54, 1.807) is 32.9 Å². The fraction of sp³-hybridized carbons (Fsp3) is 0.303. The number of carbonyl (C=O) groups is 2. The van der Waals surface area contributed by atoms with Gasteiger partial charge in [-0.1, -0.05) is 75.4 Å². The summed E-state index contributed by atoms with van der Waals surface area (Å²) >= 11 is 0. The van der Waals surface area contributed by atoms with E-state index in [0.29, 0.717) is 11.3 Å². The van der Waals surface area contributed by atoms with E-state index in [-0.39, 0.29) is 17.9 Å². The van der Waals surface area contributed by atoms with Crippen LogP contribution >= 0.6 is 0 Å². The van der Waals surface area contributed by atoms with Gasteiger partial charge in [0.2, 0.25) is 0 Å². The van der Waals surface area contributed by atoms with Gasteiger partial charge in [0.25, 0.3) is 5.91 Å². The van der Waals surface area contributed by atoms with Gasteiger partial charge in [0.05, 0.1) is 11.2 Å². The van der Waals surface area contributed by atoms with Crippen molar-refractivity contribution in [1.82, 2.24) is 15.8 Å². The van der Waals surface area contributed by atoms with Crippen LogP contribution in [-0.2, 0) is 11.3 Å². The van der Waals surface area contributed by atoms with Crippen molar-refractivity contribution >= 4 is 22.9 Å². The lowest BCUT2D eigenvalue weighted by Crippen LogP contribution is -2.44. The van der Waals surface area contributed by atoms with Crippen LogP contribution in [0.15, 0.2) is 84.9 Å². The van der Waals surface area contributed by atoms with E-state index in [9.17, 15) is 9.59 Å². The molecule has 0 spiro atoms. The molecule has 2 amide bonds. The number of fused-ring (bicyclic) bond motifs is 1. The molecule has 0 saturated heterocycles. The number of carbonyl (C=O) groups excluding carboxylic acids is 2. The first-order valence-corrected chi connectivity index (χ1v) is 13.4. The number of rotatable bonds is 6. The van der Waals surface area contributed by atoms with Gasteiger partial charge in [-0.25, -0.2) is 15.2 Å². The van der Waals surface area contributed by atoms with E-state index in [2.05, 4.69) is 43.8 Å². The molecule has 0 aliphatic rings. The summed E-state index contributed by atoms with van der Waals surface area (Å²) in [4.78, 5) is 30.3. The predicted molar refractivity (Wildman–Crippen MR) is 157 cm³/mol. The third kappa shape index (κ3) is 7.38. The van der Waals surface area contributed by atoms with Crippen LogP contribution in [0.5, 0.6) is 5.75 Å². The fourth-order valence-corrected chi connectivity index (χ4v) is 4.69. The molecule has 4 rings (SSSR count). The van der Waals surface area contributed by atoms with E-state index in [4.69, 9.17) is 14.5 Å². The lowest BCUT2D eigenvalue weighted by Gasteiger charge is -2.33. The second-order valence-electron chi connectivity index (χ2n) is 11.8. The molecule has 0 bridgehead atoms. The highest BCUT2D eigenvalue weighted by Gasteiger charge is 2.32. The van der Waals surface area contributed by atoms with Crippen molar-refractivity contribution in [3.05, 3.63) is 107 Å². The van der Waals surface area contributed by atoms with E-state index in [1.165, 1.54) is 0 Å². The SMILES string of the molecule is CC(C)(C)OC(=O)NNC(=O)c1ccc(OCc2ccc3ccccc3n2)cc1C(c1ccccc1)C(C)(C)C. The molecule has 2 N–H and O–H groups in total. The Kier molecular flexibility index (Phi) is 8.43. The molecule has 40 heavy (non-hydrogen) atoms. The average molecular weight is 540 g/mol. The van der Waals surface area contributed by atoms with Gasteiger partial charge in [-0.2, -0.15) is 0 Å². The van der Waals surface area contributed by atoms with Crippen molar-refractivity contribution in [3.8, 4) is 5.75 Å². The number of aromatic nitrogens is 1. The van der Waals surface area contributed by atoms with Gasteiger partial charge < -0.3 is 9.47 Å². The highest BCUT2D eigenvalue weighted by Crippen LogP contribution is 2.43. The lowest BCUT2D eigenvalue weighted by molar-refractivity contribution is 0.0483. The van der Waals surface area contributed by atoms with E-state index in [0.717, 1.165) is 27.7 Å². The molecule has 1 heterocycles. The summed E-state index contributed by atoms with van der Waals surface area (Å²) in [7, 11) is 0. The molecule has 3 aromatic carbocycles. The van der Waals surface area contributed by atoms with Crippen molar-refractivity contribution in [2.75, 3.05) is 0 Å². The number of nitrogens with zero attached hydrogens (tertiary/aromatic N) is 1. The number of ether oxygens (including phenoxy) is 2. The highest BCUT2D eigenvalue weighted by atomic mass is 16.6. The van der Waals surface area contributed by atoms with Crippen molar-refractivity contribution in [3.63, 3.8) is 0 Å². The van der Waals surface area contributed by atoms with Gasteiger partial charge >= 0.3 is 6.09 Å². The summed E-state index contributed by atoms with van der Waals surface area (Å²) < 4.78 is 11.4. The topological polar surface area (TPSA) is 89.6 Å². The molecule has 4 aromatic rings. The summed E-state index contributed by atoms with van der Waals surface area (Å²) in [5, 5.41) is 1.07. The Morgan fingerprint density at radius 2 is 1.52 bits per heavy atom. The smallest absolute Gasteiger partial charge is 0.426 e. The Morgan fingerprint density at radius 1 is 0.825 bits per heavy atom. The van der Waals surface area contributed by atoms with Crippen LogP contribution in [0.3, 0.4) is 0 Å². The molecule has 1 aromatic heterocycles. The monoisotopic (exact) mass is 539 g/mol. The average Bonchev–Trinajstić information content (AvgIpc) is 2.89. The molecular formula is C33H37N3O4. The van der Waals surface area contributed by atoms with Crippen LogP contribution in [0.2, 0.25) is 0 Å². The van der Waals surface area contributed by atoms with Crippen LogP contribution in [0.25, 0.3) is 10.9 Å². The van der Waals surface area contributed by atoms with Gasteiger partial charge in [-0.3, -0.25) is 10.2 Å². The quantitative estimate of drug-likeness (QED) is 0.254. The lowest BCUT2D eigenvalue weighted by atomic mass is 9.71. The largest absolute Gasteiger partial charge is 0.487 e. The number of para-hydroxylation sites is 1. The number of pyridine rings is 1. The van der Waals surface area contributed by atoms with Crippen molar-refractivity contribution < 1.29 is 19.1 Å². The van der Waals surface area contributed by atoms with Crippen molar-refractivity contribution in [2.45, 2.75) is 59.7 Å². The first-order chi connectivity index (χ1) is 18.9. The molecule has 0 aliphatic carbocycles. The molecule has 0 saturated carbocycles. The molecule has 0 fully saturated rings. The Balaban J connectivity index is 1.65. The molecule has 7 nitrogen and oxygen atoms in total. The first-order valence-electron chi connectivity index (χ1n) is 13.4. The normalized spacial score (nSPS) is 12.4. The van der Waals surface area contributed by atoms with Crippen LogP contribution in [-0.4, -0.2) is 22.6 Å². The number of nitrogens with one attached hydrogen (secondary N) is 2. The first kappa shape index (κ1) is 28.6. The van der Waals surface area contributed by atoms with Crippen LogP contribution in [0.1, 0.15) is 74.6 Å². The third-order valence-electron chi connectivity index (χ3n) is 6.30. The van der Waals surface area contributed by atoms with Gasteiger partial charge in [0.15, 0.2) is 0 Å². The number of amides is 2. The zero-order valence-electron chi connectivity index (χ0n) is 23.9. The predicted octanol–water partition coefficient (Wildman–Crippen LogP) is 7.16. The minimum atomic E-state index is -0.735. The number of hydrogen-bond acceptors (Lipinski definition) is 5. The molecule has 208 valence electrons. The summed E-state index contributed by atoms with van der Waals surface area (Å²) in [6.07, 6.45) is -0.735. The van der Waals surface area contributed by atoms with Crippen LogP contribution in [0.4, 0.5) is 4.79 Å². The molecule has 1 unspecified atom stereocenters.